The molecule has 6 aliphatic carbocycles. The summed E-state index contributed by atoms with van der Waals surface area (Å²) < 4.78 is 36.1. The van der Waals surface area contributed by atoms with Gasteiger partial charge in [0.2, 0.25) is 0 Å². The van der Waals surface area contributed by atoms with Crippen LogP contribution >= 0.6 is 0 Å². The Balaban J connectivity index is 1.31. The van der Waals surface area contributed by atoms with Crippen LogP contribution in [-0.2, 0) is 57.2 Å². The standard InChI is InChI=1S/C34H38O14/c1-10(35)43-26-20-18-21(31(4)14(23(39)24(18)40)8-15-25(46-15)28(31)45-12(3)37)27(44-11(2)36)29-32(20,5)19-13(7-17(38)48-29)6-16-33(22(19)26)9-34(33,42)30(41)47-16/h6,13-15,18-22,24-29,40,42H,7-9H2,1-5H3/t13-,14?,15-,18?,19?,20?,21?,22?,24+,25-,26+,27-,28-,29-,31-,32+,33-,34+/m0/s1. The zero-order chi connectivity index (χ0) is 34.2. The largest absolute Gasteiger partial charge is 0.462 e. The van der Waals surface area contributed by atoms with Crippen molar-refractivity contribution in [1.82, 2.24) is 0 Å². The Bertz CT molecular complexity index is 1650. The number of esters is 5. The Morgan fingerprint density at radius 2 is 1.54 bits per heavy atom. The fraction of sp³-hybridized carbons (Fsp3) is 0.765. The maximum atomic E-state index is 14.4. The molecule has 3 aliphatic heterocycles. The van der Waals surface area contributed by atoms with Crippen LogP contribution in [0.15, 0.2) is 11.8 Å². The van der Waals surface area contributed by atoms with E-state index in [1.165, 1.54) is 20.8 Å². The molecule has 0 amide bonds. The predicted octanol–water partition coefficient (Wildman–Crippen LogP) is 0.140. The van der Waals surface area contributed by atoms with Crippen LogP contribution in [0.5, 0.6) is 0 Å². The lowest BCUT2D eigenvalue weighted by molar-refractivity contribution is -0.270. The van der Waals surface area contributed by atoms with Crippen molar-refractivity contribution < 1.29 is 67.4 Å². The molecule has 0 radical (unpaired) electrons. The molecular weight excluding hydrogens is 632 g/mol. The maximum Gasteiger partial charge on any atom is 0.344 e. The lowest BCUT2D eigenvalue weighted by Gasteiger charge is -2.64. The predicted molar refractivity (Wildman–Crippen MR) is 152 cm³/mol. The summed E-state index contributed by atoms with van der Waals surface area (Å²) in [5.74, 6) is -9.44. The molecule has 9 rings (SSSR count). The van der Waals surface area contributed by atoms with Crippen LogP contribution in [0.3, 0.4) is 0 Å². The number of epoxide rings is 1. The topological polar surface area (TPSA) is 202 Å². The van der Waals surface area contributed by atoms with Gasteiger partial charge in [-0.15, -0.1) is 0 Å². The number of aliphatic hydroxyl groups excluding tert-OH is 1. The van der Waals surface area contributed by atoms with Gasteiger partial charge in [0.15, 0.2) is 11.4 Å². The quantitative estimate of drug-likeness (QED) is 0.233. The van der Waals surface area contributed by atoms with Crippen LogP contribution in [0, 0.1) is 57.7 Å². The van der Waals surface area contributed by atoms with E-state index >= 15 is 0 Å². The van der Waals surface area contributed by atoms with Gasteiger partial charge in [0, 0.05) is 67.6 Å². The van der Waals surface area contributed by atoms with Gasteiger partial charge in [-0.05, 0) is 24.3 Å². The summed E-state index contributed by atoms with van der Waals surface area (Å²) >= 11 is 0. The first-order valence-electron chi connectivity index (χ1n) is 16.8. The SMILES string of the molecule is CC(=O)O[C@@H]1C2C3C([C@H](OC(C)=O)[C@@H]4OC(=O)C[C@@H]5C=C6OC(=O)[C@]7(O)C[C@@]67C1C5[C@]24C)[C@]1(C)C(C[C@@H]2O[C@@H]2[C@@H]1OC(C)=O)C(=O)[C@@H]3O. The van der Waals surface area contributed by atoms with E-state index in [-0.39, 0.29) is 31.1 Å². The van der Waals surface area contributed by atoms with E-state index in [0.29, 0.717) is 0 Å². The molecular formula is C34H38O14. The number of hydrogen-bond acceptors (Lipinski definition) is 14. The highest BCUT2D eigenvalue weighted by atomic mass is 16.6. The number of aliphatic hydroxyl groups is 2. The third-order valence-electron chi connectivity index (χ3n) is 14.2. The molecule has 18 atom stereocenters. The second kappa shape index (κ2) is 9.05. The van der Waals surface area contributed by atoms with Gasteiger partial charge >= 0.3 is 29.8 Å². The average molecular weight is 671 g/mol. The van der Waals surface area contributed by atoms with Gasteiger partial charge in [0.1, 0.15) is 42.4 Å². The molecule has 14 heteroatoms. The van der Waals surface area contributed by atoms with Crippen molar-refractivity contribution in [1.29, 1.82) is 0 Å². The van der Waals surface area contributed by atoms with Gasteiger partial charge in [0.05, 0.1) is 17.9 Å². The number of carbonyl (C=O) groups is 6. The summed E-state index contributed by atoms with van der Waals surface area (Å²) in [6.07, 6.45) is -5.20. The van der Waals surface area contributed by atoms with Gasteiger partial charge in [-0.25, -0.2) is 4.79 Å². The van der Waals surface area contributed by atoms with Crippen LogP contribution in [-0.4, -0.2) is 94.2 Å². The molecule has 6 unspecified atom stereocenters. The Labute approximate surface area is 274 Å². The molecule has 14 nitrogen and oxygen atoms in total. The highest BCUT2D eigenvalue weighted by molar-refractivity contribution is 5.92. The highest BCUT2D eigenvalue weighted by Gasteiger charge is 2.91. The summed E-state index contributed by atoms with van der Waals surface area (Å²) in [7, 11) is 0. The molecule has 48 heavy (non-hydrogen) atoms. The summed E-state index contributed by atoms with van der Waals surface area (Å²) in [5.41, 5.74) is -5.67. The number of ketones is 1. The normalized spacial score (nSPS) is 55.8. The molecule has 258 valence electrons. The van der Waals surface area contributed by atoms with E-state index in [1.807, 2.05) is 6.92 Å². The van der Waals surface area contributed by atoms with Gasteiger partial charge < -0.3 is 38.6 Å². The van der Waals surface area contributed by atoms with Crippen molar-refractivity contribution in [2.75, 3.05) is 0 Å². The molecule has 5 saturated carbocycles. The number of Topliss-reactive ketones (excluding diaryl/α,β-unsaturated/α-hetero) is 1. The molecule has 0 aromatic heterocycles. The molecule has 0 bridgehead atoms. The van der Waals surface area contributed by atoms with Crippen molar-refractivity contribution in [3.05, 3.63) is 11.8 Å². The van der Waals surface area contributed by atoms with E-state index in [2.05, 4.69) is 0 Å². The Morgan fingerprint density at radius 1 is 0.896 bits per heavy atom. The maximum absolute atomic E-state index is 14.4. The number of carbonyl (C=O) groups excluding carboxylic acids is 6. The Morgan fingerprint density at radius 3 is 2.19 bits per heavy atom. The minimum Gasteiger partial charge on any atom is -0.462 e. The van der Waals surface area contributed by atoms with Gasteiger partial charge in [-0.1, -0.05) is 13.8 Å². The molecule has 0 aromatic rings. The number of allylic oxidation sites excluding steroid dienone is 1. The summed E-state index contributed by atoms with van der Waals surface area (Å²) in [4.78, 5) is 79.8. The van der Waals surface area contributed by atoms with Crippen molar-refractivity contribution in [3.63, 3.8) is 0 Å². The Hall–Kier alpha value is -3.36. The minimum absolute atomic E-state index is 0.0102. The van der Waals surface area contributed by atoms with Crippen molar-refractivity contribution in [2.24, 2.45) is 57.7 Å². The zero-order valence-corrected chi connectivity index (χ0v) is 27.1. The lowest BCUT2D eigenvalue weighted by Crippen LogP contribution is -2.74. The fourth-order valence-corrected chi connectivity index (χ4v) is 12.8. The third-order valence-corrected chi connectivity index (χ3v) is 14.2. The Kier molecular flexibility index (Phi) is 5.78. The fourth-order valence-electron chi connectivity index (χ4n) is 12.8. The van der Waals surface area contributed by atoms with E-state index in [9.17, 15) is 39.0 Å². The van der Waals surface area contributed by atoms with Crippen LogP contribution in [0.4, 0.5) is 0 Å². The number of hydrogen-bond donors (Lipinski definition) is 2. The van der Waals surface area contributed by atoms with Crippen molar-refractivity contribution in [3.8, 4) is 0 Å². The number of rotatable bonds is 3. The van der Waals surface area contributed by atoms with Crippen molar-refractivity contribution in [2.45, 2.75) is 102 Å². The van der Waals surface area contributed by atoms with Crippen LogP contribution in [0.1, 0.15) is 53.9 Å². The van der Waals surface area contributed by atoms with Crippen LogP contribution in [0.2, 0.25) is 0 Å². The monoisotopic (exact) mass is 670 g/mol. The smallest absolute Gasteiger partial charge is 0.344 e. The first-order valence-corrected chi connectivity index (χ1v) is 16.8. The summed E-state index contributed by atoms with van der Waals surface area (Å²) in [6.45, 7) is 7.32. The van der Waals surface area contributed by atoms with Gasteiger partial charge in [0.25, 0.3) is 0 Å². The molecule has 8 fully saturated rings. The zero-order valence-electron chi connectivity index (χ0n) is 27.1. The molecule has 3 heterocycles. The van der Waals surface area contributed by atoms with E-state index < -0.39 is 136 Å². The summed E-state index contributed by atoms with van der Waals surface area (Å²) in [6, 6.07) is 0. The van der Waals surface area contributed by atoms with Crippen LogP contribution < -0.4 is 0 Å². The van der Waals surface area contributed by atoms with Crippen LogP contribution in [0.25, 0.3) is 0 Å². The number of fused-ring (bicyclic) bond motifs is 5. The van der Waals surface area contributed by atoms with E-state index in [0.717, 1.165) is 0 Å². The highest BCUT2D eigenvalue weighted by Crippen LogP contribution is 2.82. The second-order valence-electron chi connectivity index (χ2n) is 16.1. The molecule has 2 N–H and O–H groups in total. The third kappa shape index (κ3) is 3.30. The molecule has 0 aromatic carbocycles. The number of ether oxygens (including phenoxy) is 6. The van der Waals surface area contributed by atoms with Crippen molar-refractivity contribution >= 4 is 35.6 Å². The van der Waals surface area contributed by atoms with E-state index in [4.69, 9.17) is 28.4 Å². The first-order chi connectivity index (χ1) is 22.5. The second-order valence-corrected chi connectivity index (χ2v) is 16.1. The van der Waals surface area contributed by atoms with Gasteiger partial charge in [-0.2, -0.15) is 0 Å². The molecule has 9 aliphatic rings. The molecule has 3 saturated heterocycles. The van der Waals surface area contributed by atoms with Gasteiger partial charge in [-0.3, -0.25) is 24.0 Å². The first kappa shape index (κ1) is 30.7. The average Bonchev–Trinajstić information content (AvgIpc) is 3.85. The minimum atomic E-state index is -1.89. The summed E-state index contributed by atoms with van der Waals surface area (Å²) in [5, 5.41) is 23.9. The lowest BCUT2D eigenvalue weighted by atomic mass is 9.41. The molecule has 1 spiro atoms. The van der Waals surface area contributed by atoms with E-state index in [1.54, 1.807) is 13.0 Å².